The average molecular weight is 178 g/mol. The first-order chi connectivity index (χ1) is 3.95. The van der Waals surface area contributed by atoms with E-state index in [9.17, 15) is 12.8 Å². The summed E-state index contributed by atoms with van der Waals surface area (Å²) in [7, 11) is -4.36. The minimum Gasteiger partial charge on any atom is -0.273 e. The van der Waals surface area contributed by atoms with Gasteiger partial charge in [-0.15, -0.1) is 11.6 Å². The molecule has 0 spiro atoms. The molecule has 9 heavy (non-hydrogen) atoms. The fourth-order valence-electron chi connectivity index (χ4n) is 0.193. The molecule has 1 atom stereocenters. The van der Waals surface area contributed by atoms with Crippen molar-refractivity contribution in [2.75, 3.05) is 6.67 Å². The Kier molecular flexibility index (Phi) is 3.34. The van der Waals surface area contributed by atoms with Gasteiger partial charge in [-0.3, -0.25) is 4.55 Å². The van der Waals surface area contributed by atoms with Crippen LogP contribution in [0.1, 0.15) is 0 Å². The zero-order valence-corrected chi connectivity index (χ0v) is 5.78. The molecule has 1 unspecified atom stereocenters. The maximum Gasteiger partial charge on any atom is 0.334 e. The number of hydrogen-bond donors (Lipinski definition) is 2. The molecule has 7 heteroatoms. The van der Waals surface area contributed by atoms with Crippen LogP contribution >= 0.6 is 11.6 Å². The topological polar surface area (TPSA) is 66.4 Å². The summed E-state index contributed by atoms with van der Waals surface area (Å²) in [5, 5.41) is 0. The molecule has 0 saturated carbocycles. The van der Waals surface area contributed by atoms with E-state index in [2.05, 4.69) is 0 Å². The van der Waals surface area contributed by atoms with Crippen LogP contribution in [-0.4, -0.2) is 25.1 Å². The Hall–Kier alpha value is 0.0900. The number of hydrogen-bond acceptors (Lipinski definition) is 2. The molecular formula is C2H5ClFNO3S. The average Bonchev–Trinajstić information content (AvgIpc) is 1.62. The van der Waals surface area contributed by atoms with Crippen molar-refractivity contribution in [3.05, 3.63) is 0 Å². The van der Waals surface area contributed by atoms with E-state index in [0.717, 1.165) is 0 Å². The Morgan fingerprint density at radius 2 is 2.22 bits per heavy atom. The summed E-state index contributed by atoms with van der Waals surface area (Å²) in [6.45, 7) is -1.07. The highest BCUT2D eigenvalue weighted by molar-refractivity contribution is 7.83. The van der Waals surface area contributed by atoms with Crippen molar-refractivity contribution < 1.29 is 17.4 Å². The molecule has 2 N–H and O–H groups in total. The minimum absolute atomic E-state index is 1.07. The van der Waals surface area contributed by atoms with Gasteiger partial charge in [-0.05, 0) is 0 Å². The second kappa shape index (κ2) is 3.31. The SMILES string of the molecule is O=S(=O)(O)NC(Cl)CF. The van der Waals surface area contributed by atoms with E-state index in [1.165, 1.54) is 4.72 Å². The number of nitrogens with one attached hydrogen (secondary N) is 1. The van der Waals surface area contributed by atoms with Gasteiger partial charge in [0.05, 0.1) is 0 Å². The highest BCUT2D eigenvalue weighted by Crippen LogP contribution is 1.92. The van der Waals surface area contributed by atoms with Gasteiger partial charge in [0.1, 0.15) is 12.2 Å². The van der Waals surface area contributed by atoms with Crippen LogP contribution in [0, 0.1) is 0 Å². The van der Waals surface area contributed by atoms with Crippen LogP contribution in [0.25, 0.3) is 0 Å². The van der Waals surface area contributed by atoms with Gasteiger partial charge < -0.3 is 0 Å². The van der Waals surface area contributed by atoms with Crippen LogP contribution in [-0.2, 0) is 10.3 Å². The molecule has 0 rings (SSSR count). The molecule has 0 aromatic carbocycles. The van der Waals surface area contributed by atoms with Crippen molar-refractivity contribution >= 4 is 21.9 Å². The van der Waals surface area contributed by atoms with E-state index < -0.39 is 22.5 Å². The molecule has 0 radical (unpaired) electrons. The first-order valence-electron chi connectivity index (χ1n) is 1.90. The predicted octanol–water partition coefficient (Wildman–Crippen LogP) is -0.0868. The second-order valence-corrected chi connectivity index (χ2v) is 2.93. The lowest BCUT2D eigenvalue weighted by atomic mass is 10.8. The van der Waals surface area contributed by atoms with Gasteiger partial charge in [0.2, 0.25) is 0 Å². The minimum atomic E-state index is -4.36. The smallest absolute Gasteiger partial charge is 0.273 e. The first-order valence-corrected chi connectivity index (χ1v) is 3.78. The fraction of sp³-hybridized carbons (Fsp3) is 1.00. The molecular weight excluding hydrogens is 173 g/mol. The highest BCUT2D eigenvalue weighted by atomic mass is 35.5. The lowest BCUT2D eigenvalue weighted by Gasteiger charge is -2.01. The molecule has 0 bridgehead atoms. The summed E-state index contributed by atoms with van der Waals surface area (Å²) in [5.74, 6) is 0. The van der Waals surface area contributed by atoms with Crippen LogP contribution in [0.3, 0.4) is 0 Å². The Bertz CT molecular complexity index is 169. The molecule has 0 aromatic rings. The van der Waals surface area contributed by atoms with Crippen molar-refractivity contribution in [1.82, 2.24) is 4.72 Å². The molecule has 0 aromatic heterocycles. The Morgan fingerprint density at radius 3 is 2.33 bits per heavy atom. The monoisotopic (exact) mass is 177 g/mol. The van der Waals surface area contributed by atoms with E-state index in [1.54, 1.807) is 0 Å². The molecule has 0 aliphatic carbocycles. The third kappa shape index (κ3) is 5.97. The van der Waals surface area contributed by atoms with Crippen molar-refractivity contribution in [2.45, 2.75) is 5.50 Å². The van der Waals surface area contributed by atoms with Gasteiger partial charge in [0, 0.05) is 0 Å². The van der Waals surface area contributed by atoms with Gasteiger partial charge >= 0.3 is 10.3 Å². The van der Waals surface area contributed by atoms with E-state index in [4.69, 9.17) is 16.2 Å². The van der Waals surface area contributed by atoms with Crippen molar-refractivity contribution in [2.24, 2.45) is 0 Å². The van der Waals surface area contributed by atoms with E-state index in [1.807, 2.05) is 0 Å². The van der Waals surface area contributed by atoms with Crippen LogP contribution < -0.4 is 4.72 Å². The lowest BCUT2D eigenvalue weighted by molar-refractivity contribution is 0.432. The fourth-order valence-corrected chi connectivity index (χ4v) is 0.917. The van der Waals surface area contributed by atoms with E-state index in [-0.39, 0.29) is 0 Å². The normalized spacial score (nSPS) is 15.4. The van der Waals surface area contributed by atoms with Gasteiger partial charge in [-0.25, -0.2) is 4.39 Å². The quantitative estimate of drug-likeness (QED) is 0.360. The Balaban J connectivity index is 3.75. The standard InChI is InChI=1S/C2H5ClFNO3S/c3-2(1-4)5-9(6,7)8/h2,5H,1H2,(H,6,7,8). The van der Waals surface area contributed by atoms with Crippen molar-refractivity contribution in [3.63, 3.8) is 0 Å². The largest absolute Gasteiger partial charge is 0.334 e. The summed E-state index contributed by atoms with van der Waals surface area (Å²) in [6, 6.07) is 0. The molecule has 0 saturated heterocycles. The third-order valence-electron chi connectivity index (χ3n) is 0.412. The summed E-state index contributed by atoms with van der Waals surface area (Å²) >= 11 is 4.92. The van der Waals surface area contributed by atoms with Crippen LogP contribution in [0.4, 0.5) is 4.39 Å². The van der Waals surface area contributed by atoms with Gasteiger partial charge in [-0.2, -0.15) is 13.1 Å². The van der Waals surface area contributed by atoms with Gasteiger partial charge in [-0.1, -0.05) is 0 Å². The molecule has 56 valence electrons. The second-order valence-electron chi connectivity index (χ2n) is 1.21. The summed E-state index contributed by atoms with van der Waals surface area (Å²) in [6.07, 6.45) is 0. The maximum atomic E-state index is 11.3. The molecule has 0 amide bonds. The van der Waals surface area contributed by atoms with Crippen LogP contribution in [0.5, 0.6) is 0 Å². The predicted molar refractivity (Wildman–Crippen MR) is 30.3 cm³/mol. The maximum absolute atomic E-state index is 11.3. The Labute approximate surface area is 56.9 Å². The van der Waals surface area contributed by atoms with Crippen LogP contribution in [0.2, 0.25) is 0 Å². The molecule has 0 aliphatic heterocycles. The summed E-state index contributed by atoms with van der Waals surface area (Å²) in [5.41, 5.74) is -1.39. The Morgan fingerprint density at radius 1 is 1.78 bits per heavy atom. The highest BCUT2D eigenvalue weighted by Gasteiger charge is 2.10. The number of alkyl halides is 2. The van der Waals surface area contributed by atoms with Crippen molar-refractivity contribution in [1.29, 1.82) is 0 Å². The van der Waals surface area contributed by atoms with Gasteiger partial charge in [0.25, 0.3) is 0 Å². The number of rotatable bonds is 3. The van der Waals surface area contributed by atoms with E-state index >= 15 is 0 Å². The zero-order valence-electron chi connectivity index (χ0n) is 4.21. The van der Waals surface area contributed by atoms with Gasteiger partial charge in [0.15, 0.2) is 0 Å². The molecule has 0 aliphatic rings. The third-order valence-corrected chi connectivity index (χ3v) is 1.35. The molecule has 0 fully saturated rings. The molecule has 4 nitrogen and oxygen atoms in total. The van der Waals surface area contributed by atoms with Crippen LogP contribution in [0.15, 0.2) is 0 Å². The van der Waals surface area contributed by atoms with E-state index in [0.29, 0.717) is 0 Å². The summed E-state index contributed by atoms with van der Waals surface area (Å²) in [4.78, 5) is 0. The molecule has 0 heterocycles. The zero-order chi connectivity index (χ0) is 7.49. The lowest BCUT2D eigenvalue weighted by Crippen LogP contribution is -2.31. The first kappa shape index (κ1) is 9.09. The number of halogens is 2. The van der Waals surface area contributed by atoms with Crippen molar-refractivity contribution in [3.8, 4) is 0 Å². The summed E-state index contributed by atoms with van der Waals surface area (Å²) < 4.78 is 40.3.